The van der Waals surface area contributed by atoms with E-state index in [1.54, 1.807) is 12.1 Å². The maximum Gasteiger partial charge on any atom is 0.361 e. The lowest BCUT2D eigenvalue weighted by atomic mass is 10.0. The zero-order valence-corrected chi connectivity index (χ0v) is 10.9. The van der Waals surface area contributed by atoms with Crippen LogP contribution in [0.15, 0.2) is 50.4 Å². The van der Waals surface area contributed by atoms with Gasteiger partial charge in [0.05, 0.1) is 11.8 Å². The van der Waals surface area contributed by atoms with E-state index < -0.39 is 5.63 Å². The maximum atomic E-state index is 12.3. The van der Waals surface area contributed by atoms with Crippen molar-refractivity contribution in [3.63, 3.8) is 0 Å². The van der Waals surface area contributed by atoms with E-state index in [2.05, 4.69) is 4.98 Å². The number of aromatic nitrogens is 1. The number of rotatable bonds is 2. The second-order valence-corrected chi connectivity index (χ2v) is 4.74. The predicted molar refractivity (Wildman–Crippen MR) is 75.0 cm³/mol. The number of oxazole rings is 1. The van der Waals surface area contributed by atoms with Crippen LogP contribution in [0.1, 0.15) is 6.42 Å². The Balaban J connectivity index is 2.12. The van der Waals surface area contributed by atoms with Crippen molar-refractivity contribution in [2.45, 2.75) is 6.42 Å². The summed E-state index contributed by atoms with van der Waals surface area (Å²) in [5.74, 6) is 0.194. The Labute approximate surface area is 118 Å². The lowest BCUT2D eigenvalue weighted by Crippen LogP contribution is -2.46. The quantitative estimate of drug-likeness (QED) is 0.532. The Morgan fingerprint density at radius 2 is 2.05 bits per heavy atom. The summed E-state index contributed by atoms with van der Waals surface area (Å²) in [5.41, 5.74) is 0.578. The smallest absolute Gasteiger partial charge is 0.361 e. The zero-order chi connectivity index (χ0) is 14.4. The first-order valence-electron chi connectivity index (χ1n) is 6.52. The molecule has 21 heavy (non-hydrogen) atoms. The van der Waals surface area contributed by atoms with Crippen LogP contribution in [0.2, 0.25) is 0 Å². The first kappa shape index (κ1) is 11.9. The van der Waals surface area contributed by atoms with Crippen LogP contribution in [0.3, 0.4) is 0 Å². The van der Waals surface area contributed by atoms with Crippen LogP contribution in [0.4, 0.5) is 5.69 Å². The Hall–Kier alpha value is -2.89. The number of anilines is 1. The lowest BCUT2D eigenvalue weighted by molar-refractivity contribution is -0.122. The highest BCUT2D eigenvalue weighted by atomic mass is 16.4. The highest BCUT2D eigenvalue weighted by Crippen LogP contribution is 2.36. The van der Waals surface area contributed by atoms with Crippen molar-refractivity contribution in [2.24, 2.45) is 0 Å². The summed E-state index contributed by atoms with van der Waals surface area (Å²) in [6.45, 7) is 0.496. The second kappa shape index (κ2) is 4.31. The summed E-state index contributed by atoms with van der Waals surface area (Å²) < 4.78 is 10.7. The van der Waals surface area contributed by atoms with E-state index in [-0.39, 0.29) is 11.6 Å². The van der Waals surface area contributed by atoms with Crippen LogP contribution in [-0.2, 0) is 4.79 Å². The Bertz CT molecular complexity index is 896. The number of carbonyl (C=O) groups excluding carboxylic acids is 1. The third kappa shape index (κ3) is 1.69. The molecular weight excluding hydrogens is 272 g/mol. The predicted octanol–water partition coefficient (Wildman–Crippen LogP) is 2.18. The highest BCUT2D eigenvalue weighted by Gasteiger charge is 2.33. The van der Waals surface area contributed by atoms with Gasteiger partial charge in [-0.05, 0) is 6.07 Å². The molecule has 0 atom stereocenters. The Morgan fingerprint density at radius 1 is 1.19 bits per heavy atom. The number of carbonyl (C=O) groups is 1. The molecule has 0 saturated carbocycles. The summed E-state index contributed by atoms with van der Waals surface area (Å²) in [6, 6.07) is 7.12. The van der Waals surface area contributed by atoms with Gasteiger partial charge in [0.2, 0.25) is 11.8 Å². The molecule has 6 heteroatoms. The van der Waals surface area contributed by atoms with Crippen molar-refractivity contribution in [1.29, 1.82) is 0 Å². The van der Waals surface area contributed by atoms with Gasteiger partial charge in [-0.3, -0.25) is 4.79 Å². The minimum absolute atomic E-state index is 0.106. The topological polar surface area (TPSA) is 76.6 Å². The van der Waals surface area contributed by atoms with Crippen molar-refractivity contribution >= 4 is 22.6 Å². The molecule has 1 aliphatic rings. The number of hydrogen-bond donors (Lipinski definition) is 0. The number of nitrogens with zero attached hydrogens (tertiary/aromatic N) is 2. The molecule has 0 radical (unpaired) electrons. The van der Waals surface area contributed by atoms with Gasteiger partial charge in [-0.1, -0.05) is 18.2 Å². The highest BCUT2D eigenvalue weighted by molar-refractivity contribution is 6.06. The van der Waals surface area contributed by atoms with E-state index in [0.717, 1.165) is 0 Å². The SMILES string of the molecule is O=C1CCN1c1c(-c2ncco2)c2ccccc2oc1=O. The molecule has 3 aromatic rings. The summed E-state index contributed by atoms with van der Waals surface area (Å²) in [4.78, 5) is 29.6. The van der Waals surface area contributed by atoms with Gasteiger partial charge >= 0.3 is 5.63 Å². The van der Waals surface area contributed by atoms with E-state index in [9.17, 15) is 9.59 Å². The molecular formula is C15H10N2O4. The van der Waals surface area contributed by atoms with Crippen molar-refractivity contribution in [2.75, 3.05) is 11.4 Å². The molecule has 104 valence electrons. The monoisotopic (exact) mass is 282 g/mol. The number of amides is 1. The van der Waals surface area contributed by atoms with E-state index in [4.69, 9.17) is 8.83 Å². The van der Waals surface area contributed by atoms with Crippen molar-refractivity contribution < 1.29 is 13.6 Å². The van der Waals surface area contributed by atoms with Gasteiger partial charge in [0.15, 0.2) is 0 Å². The minimum Gasteiger partial charge on any atom is -0.444 e. The Morgan fingerprint density at radius 3 is 2.71 bits per heavy atom. The van der Waals surface area contributed by atoms with Crippen molar-refractivity contribution in [3.8, 4) is 11.5 Å². The Kier molecular flexibility index (Phi) is 2.44. The van der Waals surface area contributed by atoms with E-state index in [1.807, 2.05) is 12.1 Å². The standard InChI is InChI=1S/C15H10N2O4/c18-11-5-7-17(11)13-12(14-16-6-8-20-14)9-3-1-2-4-10(9)21-15(13)19/h1-4,6,8H,5,7H2. The van der Waals surface area contributed by atoms with Crippen LogP contribution >= 0.6 is 0 Å². The molecule has 3 heterocycles. The molecule has 4 rings (SSSR count). The van der Waals surface area contributed by atoms with E-state index in [1.165, 1.54) is 17.4 Å². The molecule has 0 spiro atoms. The summed E-state index contributed by atoms with van der Waals surface area (Å²) in [6.07, 6.45) is 3.36. The van der Waals surface area contributed by atoms with Gasteiger partial charge in [0.25, 0.3) is 0 Å². The number of β-lactam (4-membered cyclic amide) rings is 1. The lowest BCUT2D eigenvalue weighted by Gasteiger charge is -2.30. The van der Waals surface area contributed by atoms with Crippen molar-refractivity contribution in [3.05, 3.63) is 47.1 Å². The average molecular weight is 282 g/mol. The molecule has 0 unspecified atom stereocenters. The third-order valence-corrected chi connectivity index (χ3v) is 3.56. The molecule has 6 nitrogen and oxygen atoms in total. The molecule has 1 aromatic carbocycles. The number of hydrogen-bond acceptors (Lipinski definition) is 5. The van der Waals surface area contributed by atoms with Crippen LogP contribution in [0.5, 0.6) is 0 Å². The first-order chi connectivity index (χ1) is 10.3. The second-order valence-electron chi connectivity index (χ2n) is 4.74. The fourth-order valence-electron chi connectivity index (χ4n) is 2.50. The minimum atomic E-state index is -0.560. The number of fused-ring (bicyclic) bond motifs is 1. The normalized spacial score (nSPS) is 14.5. The molecule has 1 aliphatic heterocycles. The van der Waals surface area contributed by atoms with Gasteiger partial charge in [-0.15, -0.1) is 0 Å². The van der Waals surface area contributed by atoms with Gasteiger partial charge in [-0.2, -0.15) is 0 Å². The first-order valence-corrected chi connectivity index (χ1v) is 6.52. The van der Waals surface area contributed by atoms with Gasteiger partial charge in [0, 0.05) is 18.4 Å². The fraction of sp³-hybridized carbons (Fsp3) is 0.133. The number of para-hydroxylation sites is 1. The molecule has 1 saturated heterocycles. The van der Waals surface area contributed by atoms with Crippen LogP contribution in [-0.4, -0.2) is 17.4 Å². The van der Waals surface area contributed by atoms with E-state index in [0.29, 0.717) is 35.4 Å². The average Bonchev–Trinajstić information content (AvgIpc) is 3.00. The molecule has 1 amide bonds. The van der Waals surface area contributed by atoms with Gasteiger partial charge in [-0.25, -0.2) is 9.78 Å². The molecule has 0 N–H and O–H groups in total. The van der Waals surface area contributed by atoms with Crippen LogP contribution in [0.25, 0.3) is 22.4 Å². The maximum absolute atomic E-state index is 12.3. The van der Waals surface area contributed by atoms with Crippen molar-refractivity contribution in [1.82, 2.24) is 4.98 Å². The van der Waals surface area contributed by atoms with Gasteiger partial charge < -0.3 is 13.7 Å². The summed E-state index contributed by atoms with van der Waals surface area (Å²) >= 11 is 0. The summed E-state index contributed by atoms with van der Waals surface area (Å²) in [7, 11) is 0. The third-order valence-electron chi connectivity index (χ3n) is 3.56. The van der Waals surface area contributed by atoms with E-state index >= 15 is 0 Å². The number of benzene rings is 1. The zero-order valence-electron chi connectivity index (χ0n) is 10.9. The van der Waals surface area contributed by atoms with Crippen LogP contribution in [0, 0.1) is 0 Å². The molecule has 0 aliphatic carbocycles. The van der Waals surface area contributed by atoms with Gasteiger partial charge in [0.1, 0.15) is 17.5 Å². The largest absolute Gasteiger partial charge is 0.444 e. The van der Waals surface area contributed by atoms with Crippen LogP contribution < -0.4 is 10.5 Å². The summed E-state index contributed by atoms with van der Waals surface area (Å²) in [5, 5.41) is 0.689. The molecule has 0 bridgehead atoms. The fourth-order valence-corrected chi connectivity index (χ4v) is 2.50. The molecule has 1 fully saturated rings. The molecule has 2 aromatic heterocycles.